The van der Waals surface area contributed by atoms with Crippen LogP contribution in [0.15, 0.2) is 34.2 Å². The zero-order chi connectivity index (χ0) is 20.3. The molecule has 1 aliphatic carbocycles. The van der Waals surface area contributed by atoms with Crippen LogP contribution in [-0.4, -0.2) is 39.8 Å². The molecule has 1 atom stereocenters. The zero-order valence-corrected chi connectivity index (χ0v) is 16.4. The van der Waals surface area contributed by atoms with Crippen molar-refractivity contribution in [2.45, 2.75) is 37.0 Å². The molecule has 0 aliphatic heterocycles. The number of nitrogens with zero attached hydrogens (tertiary/aromatic N) is 3. The van der Waals surface area contributed by atoms with Crippen LogP contribution in [0.2, 0.25) is 0 Å². The number of aromatic nitrogens is 2. The smallest absolute Gasteiger partial charge is 0.325 e. The summed E-state index contributed by atoms with van der Waals surface area (Å²) in [4.78, 5) is 41.3. The molecule has 146 valence electrons. The fourth-order valence-corrected chi connectivity index (χ4v) is 3.73. The highest BCUT2D eigenvalue weighted by atomic mass is 32.2. The first-order valence-corrected chi connectivity index (χ1v) is 9.78. The molecule has 1 amide bonds. The summed E-state index contributed by atoms with van der Waals surface area (Å²) in [7, 11) is 1.24. The van der Waals surface area contributed by atoms with E-state index in [1.54, 1.807) is 31.2 Å². The predicted octanol–water partition coefficient (Wildman–Crippen LogP) is 1.47. The summed E-state index contributed by atoms with van der Waals surface area (Å²) in [5.74, 6) is -0.775. The van der Waals surface area contributed by atoms with Crippen molar-refractivity contribution in [3.63, 3.8) is 0 Å². The normalized spacial score (nSPS) is 15.5. The van der Waals surface area contributed by atoms with E-state index in [4.69, 9.17) is 0 Å². The van der Waals surface area contributed by atoms with Crippen LogP contribution in [0.4, 0.5) is 0 Å². The average molecular weight is 400 g/mol. The molecule has 8 nitrogen and oxygen atoms in total. The van der Waals surface area contributed by atoms with E-state index < -0.39 is 11.5 Å². The summed E-state index contributed by atoms with van der Waals surface area (Å²) in [6.45, 7) is 1.42. The van der Waals surface area contributed by atoms with E-state index in [0.29, 0.717) is 10.9 Å². The minimum atomic E-state index is -0.889. The van der Waals surface area contributed by atoms with Crippen LogP contribution in [0, 0.1) is 17.2 Å². The summed E-state index contributed by atoms with van der Waals surface area (Å²) in [6, 6.07) is 8.98. The first kappa shape index (κ1) is 19.9. The number of esters is 1. The molecule has 9 heteroatoms. The molecule has 0 unspecified atom stereocenters. The lowest BCUT2D eigenvalue weighted by atomic mass is 9.98. The second-order valence-corrected chi connectivity index (χ2v) is 7.75. The molecule has 1 fully saturated rings. The molecule has 1 heterocycles. The van der Waals surface area contributed by atoms with Gasteiger partial charge >= 0.3 is 5.97 Å². The molecule has 0 radical (unpaired) electrons. The number of para-hydroxylation sites is 1. The first-order valence-electron chi connectivity index (χ1n) is 8.79. The Morgan fingerprint density at radius 1 is 1.43 bits per heavy atom. The SMILES string of the molecule is COC(=O)Cn1c(SCC(=O)N[C@@](C)(C#N)C2CC2)nc2ccccc2c1=O. The summed E-state index contributed by atoms with van der Waals surface area (Å²) in [6.07, 6.45) is 1.84. The number of carbonyl (C=O) groups excluding carboxylic acids is 2. The van der Waals surface area contributed by atoms with E-state index >= 15 is 0 Å². The molecule has 3 rings (SSSR count). The Bertz CT molecular complexity index is 1020. The van der Waals surface area contributed by atoms with Gasteiger partial charge in [0.1, 0.15) is 12.1 Å². The second kappa shape index (κ2) is 8.02. The van der Waals surface area contributed by atoms with Crippen molar-refractivity contribution in [3.05, 3.63) is 34.6 Å². The molecule has 1 aromatic heterocycles. The van der Waals surface area contributed by atoms with Crippen molar-refractivity contribution in [1.82, 2.24) is 14.9 Å². The molecule has 28 heavy (non-hydrogen) atoms. The van der Waals surface area contributed by atoms with Gasteiger partial charge < -0.3 is 10.1 Å². The maximum Gasteiger partial charge on any atom is 0.325 e. The Kier molecular flexibility index (Phi) is 5.70. The third kappa shape index (κ3) is 4.17. The highest BCUT2D eigenvalue weighted by molar-refractivity contribution is 7.99. The zero-order valence-electron chi connectivity index (χ0n) is 15.6. The van der Waals surface area contributed by atoms with Gasteiger partial charge in [0, 0.05) is 0 Å². The number of nitrogens with one attached hydrogen (secondary N) is 1. The molecule has 2 aromatic rings. The van der Waals surface area contributed by atoms with Crippen LogP contribution in [0.3, 0.4) is 0 Å². The van der Waals surface area contributed by atoms with E-state index in [-0.39, 0.29) is 34.8 Å². The topological polar surface area (TPSA) is 114 Å². The number of hydrogen-bond donors (Lipinski definition) is 1. The number of ether oxygens (including phenoxy) is 1. The quantitative estimate of drug-likeness (QED) is 0.425. The Labute approximate surface area is 165 Å². The lowest BCUT2D eigenvalue weighted by molar-refractivity contribution is -0.141. The predicted molar refractivity (Wildman–Crippen MR) is 104 cm³/mol. The van der Waals surface area contributed by atoms with Crippen LogP contribution in [0.5, 0.6) is 0 Å². The minimum absolute atomic E-state index is 0.0318. The minimum Gasteiger partial charge on any atom is -0.468 e. The van der Waals surface area contributed by atoms with Gasteiger partial charge in [-0.1, -0.05) is 23.9 Å². The van der Waals surface area contributed by atoms with Crippen molar-refractivity contribution < 1.29 is 14.3 Å². The van der Waals surface area contributed by atoms with E-state index in [0.717, 1.165) is 24.6 Å². The Hall–Kier alpha value is -2.86. The largest absolute Gasteiger partial charge is 0.468 e. The third-order valence-electron chi connectivity index (χ3n) is 4.70. The van der Waals surface area contributed by atoms with Gasteiger partial charge in [0.2, 0.25) is 5.91 Å². The summed E-state index contributed by atoms with van der Waals surface area (Å²) in [5, 5.41) is 12.8. The van der Waals surface area contributed by atoms with Crippen LogP contribution in [-0.2, 0) is 20.9 Å². The van der Waals surface area contributed by atoms with Crippen LogP contribution < -0.4 is 10.9 Å². The summed E-state index contributed by atoms with van der Waals surface area (Å²) < 4.78 is 5.87. The monoisotopic (exact) mass is 400 g/mol. The molecule has 1 saturated carbocycles. The number of hydrogen-bond acceptors (Lipinski definition) is 7. The van der Waals surface area contributed by atoms with Crippen molar-refractivity contribution in [3.8, 4) is 6.07 Å². The number of carbonyl (C=O) groups is 2. The van der Waals surface area contributed by atoms with Gasteiger partial charge in [-0.3, -0.25) is 19.0 Å². The number of nitriles is 1. The molecule has 0 spiro atoms. The number of methoxy groups -OCH3 is 1. The Balaban J connectivity index is 1.84. The molecule has 1 aromatic carbocycles. The average Bonchev–Trinajstić information content (AvgIpc) is 3.54. The van der Waals surface area contributed by atoms with Crippen LogP contribution in [0.25, 0.3) is 10.9 Å². The number of fused-ring (bicyclic) bond motifs is 1. The fraction of sp³-hybridized carbons (Fsp3) is 0.421. The molecule has 0 saturated heterocycles. The molecular weight excluding hydrogens is 380 g/mol. The Morgan fingerprint density at radius 3 is 2.79 bits per heavy atom. The van der Waals surface area contributed by atoms with E-state index in [2.05, 4.69) is 21.1 Å². The summed E-state index contributed by atoms with van der Waals surface area (Å²) in [5.41, 5.74) is -0.782. The second-order valence-electron chi connectivity index (χ2n) is 6.80. The highest BCUT2D eigenvalue weighted by Crippen LogP contribution is 2.39. The van der Waals surface area contributed by atoms with Crippen LogP contribution >= 0.6 is 11.8 Å². The molecular formula is C19H20N4O4S. The van der Waals surface area contributed by atoms with Gasteiger partial charge in [0.15, 0.2) is 5.16 Å². The third-order valence-corrected chi connectivity index (χ3v) is 5.68. The van der Waals surface area contributed by atoms with E-state index in [1.807, 2.05) is 0 Å². The maximum absolute atomic E-state index is 12.8. The Morgan fingerprint density at radius 2 is 2.14 bits per heavy atom. The van der Waals surface area contributed by atoms with Crippen molar-refractivity contribution >= 4 is 34.5 Å². The van der Waals surface area contributed by atoms with Gasteiger partial charge in [-0.15, -0.1) is 0 Å². The fourth-order valence-electron chi connectivity index (χ4n) is 2.93. The van der Waals surface area contributed by atoms with Crippen molar-refractivity contribution in [2.75, 3.05) is 12.9 Å². The summed E-state index contributed by atoms with van der Waals surface area (Å²) >= 11 is 1.04. The lowest BCUT2D eigenvalue weighted by Gasteiger charge is -2.22. The molecule has 0 bridgehead atoms. The van der Waals surface area contributed by atoms with Crippen molar-refractivity contribution in [2.24, 2.45) is 5.92 Å². The highest BCUT2D eigenvalue weighted by Gasteiger charge is 2.42. The lowest BCUT2D eigenvalue weighted by Crippen LogP contribution is -2.47. The van der Waals surface area contributed by atoms with Gasteiger partial charge in [-0.2, -0.15) is 5.26 Å². The van der Waals surface area contributed by atoms with Gasteiger partial charge in [-0.05, 0) is 37.8 Å². The maximum atomic E-state index is 12.8. The number of rotatable bonds is 7. The molecule has 1 aliphatic rings. The van der Waals surface area contributed by atoms with Crippen molar-refractivity contribution in [1.29, 1.82) is 5.26 Å². The number of thioether (sulfide) groups is 1. The van der Waals surface area contributed by atoms with E-state index in [1.165, 1.54) is 11.7 Å². The van der Waals surface area contributed by atoms with Crippen LogP contribution in [0.1, 0.15) is 19.8 Å². The van der Waals surface area contributed by atoms with Gasteiger partial charge in [0.25, 0.3) is 5.56 Å². The van der Waals surface area contributed by atoms with Gasteiger partial charge in [0.05, 0.1) is 29.8 Å². The van der Waals surface area contributed by atoms with E-state index in [9.17, 15) is 19.6 Å². The molecule has 1 N–H and O–H groups in total. The first-order chi connectivity index (χ1) is 13.4. The number of amides is 1. The standard InChI is InChI=1S/C19H20N4O4S/c1-19(11-20,12-7-8-12)22-15(24)10-28-18-21-14-6-4-3-5-13(14)17(26)23(18)9-16(25)27-2/h3-6,12H,7-10H2,1-2H3,(H,22,24)/t19-/m0/s1. The number of benzene rings is 1. The van der Waals surface area contributed by atoms with Gasteiger partial charge in [-0.25, -0.2) is 4.98 Å².